The molecule has 0 aromatic carbocycles. The Bertz CT molecular complexity index is 606. The number of anilines is 1. The molecule has 0 aliphatic carbocycles. The van der Waals surface area contributed by atoms with Gasteiger partial charge in [-0.25, -0.2) is 15.0 Å². The van der Waals surface area contributed by atoms with E-state index in [0.29, 0.717) is 11.9 Å². The molecule has 0 unspecified atom stereocenters. The lowest BCUT2D eigenvalue weighted by Crippen LogP contribution is -2.29. The van der Waals surface area contributed by atoms with Crippen LogP contribution in [0.2, 0.25) is 0 Å². The molecule has 2 aromatic heterocycles. The fourth-order valence-corrected chi connectivity index (χ4v) is 2.97. The first-order valence-electron chi connectivity index (χ1n) is 7.93. The number of hydrogen-bond acceptors (Lipinski definition) is 5. The number of imidazole rings is 1. The molecular formula is C16H23N5O. The maximum Gasteiger partial charge on any atom is 0.223 e. The van der Waals surface area contributed by atoms with Gasteiger partial charge >= 0.3 is 0 Å². The van der Waals surface area contributed by atoms with E-state index in [1.165, 1.54) is 0 Å². The maximum absolute atomic E-state index is 5.51. The Labute approximate surface area is 131 Å². The van der Waals surface area contributed by atoms with Crippen LogP contribution in [-0.4, -0.2) is 32.7 Å². The minimum Gasteiger partial charge on any atom is -0.381 e. The number of ether oxygens (including phenoxy) is 1. The molecule has 3 heterocycles. The van der Waals surface area contributed by atoms with Gasteiger partial charge < -0.3 is 14.6 Å². The van der Waals surface area contributed by atoms with Gasteiger partial charge in [0.15, 0.2) is 0 Å². The molecule has 6 nitrogen and oxygen atoms in total. The summed E-state index contributed by atoms with van der Waals surface area (Å²) in [5, 5.41) is 3.51. The van der Waals surface area contributed by atoms with Gasteiger partial charge in [-0.2, -0.15) is 0 Å². The van der Waals surface area contributed by atoms with Crippen LogP contribution >= 0.6 is 0 Å². The minimum atomic E-state index is 0.112. The number of aryl methyl sites for hydroxylation is 2. The zero-order valence-electron chi connectivity index (χ0n) is 13.2. The largest absolute Gasteiger partial charge is 0.381 e. The van der Waals surface area contributed by atoms with Crippen molar-refractivity contribution in [2.75, 3.05) is 18.5 Å². The van der Waals surface area contributed by atoms with Crippen LogP contribution in [0.4, 0.5) is 5.95 Å². The number of hydrogen-bond donors (Lipinski definition) is 1. The monoisotopic (exact) mass is 301 g/mol. The summed E-state index contributed by atoms with van der Waals surface area (Å²) in [6, 6.07) is 2.02. The van der Waals surface area contributed by atoms with Crippen molar-refractivity contribution in [2.45, 2.75) is 39.3 Å². The first-order chi connectivity index (χ1) is 10.8. The Balaban J connectivity index is 1.88. The average molecular weight is 301 g/mol. The van der Waals surface area contributed by atoms with E-state index in [-0.39, 0.29) is 6.04 Å². The summed E-state index contributed by atoms with van der Waals surface area (Å²) in [5.74, 6) is 2.20. The Morgan fingerprint density at radius 2 is 2.14 bits per heavy atom. The Morgan fingerprint density at radius 1 is 1.32 bits per heavy atom. The normalized spacial score (nSPS) is 17.4. The Morgan fingerprint density at radius 3 is 2.86 bits per heavy atom. The molecule has 0 bridgehead atoms. The van der Waals surface area contributed by atoms with Gasteiger partial charge in [0.1, 0.15) is 5.82 Å². The van der Waals surface area contributed by atoms with Crippen LogP contribution in [-0.2, 0) is 11.3 Å². The van der Waals surface area contributed by atoms with Gasteiger partial charge in [-0.3, -0.25) is 0 Å². The third kappa shape index (κ3) is 3.27. The fourth-order valence-electron chi connectivity index (χ4n) is 2.97. The quantitative estimate of drug-likeness (QED) is 0.919. The molecule has 0 radical (unpaired) electrons. The summed E-state index contributed by atoms with van der Waals surface area (Å²) in [7, 11) is 0. The predicted octanol–water partition coefficient (Wildman–Crippen LogP) is 2.58. The summed E-state index contributed by atoms with van der Waals surface area (Å²) in [4.78, 5) is 13.4. The van der Waals surface area contributed by atoms with E-state index in [1.807, 2.05) is 25.4 Å². The van der Waals surface area contributed by atoms with Crippen molar-refractivity contribution in [1.82, 2.24) is 19.5 Å². The molecular weight excluding hydrogens is 278 g/mol. The highest BCUT2D eigenvalue weighted by molar-refractivity contribution is 5.29. The first-order valence-corrected chi connectivity index (χ1v) is 7.93. The Hall–Kier alpha value is -1.95. The van der Waals surface area contributed by atoms with E-state index in [4.69, 9.17) is 4.74 Å². The summed E-state index contributed by atoms with van der Waals surface area (Å²) >= 11 is 0. The van der Waals surface area contributed by atoms with Gasteiger partial charge in [0.25, 0.3) is 0 Å². The number of nitrogens with one attached hydrogen (secondary N) is 1. The topological polar surface area (TPSA) is 64.9 Å². The molecule has 3 rings (SSSR count). The van der Waals surface area contributed by atoms with Crippen LogP contribution in [0.15, 0.2) is 24.7 Å². The van der Waals surface area contributed by atoms with Gasteiger partial charge in [0, 0.05) is 44.0 Å². The molecule has 0 spiro atoms. The van der Waals surface area contributed by atoms with Crippen molar-refractivity contribution in [3.63, 3.8) is 0 Å². The van der Waals surface area contributed by atoms with Crippen molar-refractivity contribution < 1.29 is 4.74 Å². The molecule has 22 heavy (non-hydrogen) atoms. The van der Waals surface area contributed by atoms with E-state index < -0.39 is 0 Å². The van der Waals surface area contributed by atoms with Gasteiger partial charge in [0.2, 0.25) is 5.95 Å². The highest BCUT2D eigenvalue weighted by Gasteiger charge is 2.29. The van der Waals surface area contributed by atoms with Gasteiger partial charge in [-0.05, 0) is 38.7 Å². The molecule has 0 saturated carbocycles. The Kier molecular flexibility index (Phi) is 4.68. The maximum atomic E-state index is 5.51. The van der Waals surface area contributed by atoms with Crippen molar-refractivity contribution >= 4 is 5.95 Å². The molecule has 2 aromatic rings. The van der Waals surface area contributed by atoms with E-state index in [0.717, 1.165) is 44.1 Å². The number of aromatic nitrogens is 4. The van der Waals surface area contributed by atoms with Crippen molar-refractivity contribution in [1.29, 1.82) is 0 Å². The highest BCUT2D eigenvalue weighted by Crippen LogP contribution is 2.31. The second-order valence-corrected chi connectivity index (χ2v) is 5.66. The second kappa shape index (κ2) is 6.87. The molecule has 0 amide bonds. The number of nitrogens with zero attached hydrogens (tertiary/aromatic N) is 4. The smallest absolute Gasteiger partial charge is 0.223 e. The van der Waals surface area contributed by atoms with E-state index in [9.17, 15) is 0 Å². The average Bonchev–Trinajstić information content (AvgIpc) is 3.02. The van der Waals surface area contributed by atoms with Gasteiger partial charge in [-0.15, -0.1) is 0 Å². The fraction of sp³-hybridized carbons (Fsp3) is 0.562. The van der Waals surface area contributed by atoms with E-state index in [2.05, 4.69) is 31.8 Å². The first kappa shape index (κ1) is 15.0. The summed E-state index contributed by atoms with van der Waals surface area (Å²) < 4.78 is 7.69. The summed E-state index contributed by atoms with van der Waals surface area (Å²) in [6.45, 7) is 6.64. The molecule has 1 atom stereocenters. The molecule has 1 N–H and O–H groups in total. The molecule has 1 aliphatic heterocycles. The zero-order chi connectivity index (χ0) is 15.4. The summed E-state index contributed by atoms with van der Waals surface area (Å²) in [6.07, 6.45) is 7.74. The molecule has 1 fully saturated rings. The van der Waals surface area contributed by atoms with E-state index in [1.54, 1.807) is 6.20 Å². The highest BCUT2D eigenvalue weighted by atomic mass is 16.5. The van der Waals surface area contributed by atoms with Crippen LogP contribution in [0.25, 0.3) is 0 Å². The minimum absolute atomic E-state index is 0.112. The molecule has 6 heteroatoms. The number of rotatable bonds is 5. The van der Waals surface area contributed by atoms with Crippen LogP contribution in [0.3, 0.4) is 0 Å². The SMILES string of the molecule is CCn1ccnc1[C@@H](Nc1nccc(C)n1)C1CCOCC1. The second-order valence-electron chi connectivity index (χ2n) is 5.66. The lowest BCUT2D eigenvalue weighted by Gasteiger charge is -2.30. The zero-order valence-corrected chi connectivity index (χ0v) is 13.2. The predicted molar refractivity (Wildman–Crippen MR) is 84.6 cm³/mol. The summed E-state index contributed by atoms with van der Waals surface area (Å²) in [5.41, 5.74) is 0.960. The molecule has 1 aliphatic rings. The van der Waals surface area contributed by atoms with Crippen LogP contribution in [0.1, 0.15) is 37.3 Å². The lowest BCUT2D eigenvalue weighted by molar-refractivity contribution is 0.0593. The van der Waals surface area contributed by atoms with Crippen LogP contribution in [0.5, 0.6) is 0 Å². The lowest BCUT2D eigenvalue weighted by atomic mass is 9.91. The van der Waals surface area contributed by atoms with Crippen LogP contribution < -0.4 is 5.32 Å². The molecule has 118 valence electrons. The van der Waals surface area contributed by atoms with Crippen molar-refractivity contribution in [3.8, 4) is 0 Å². The van der Waals surface area contributed by atoms with E-state index >= 15 is 0 Å². The van der Waals surface area contributed by atoms with Gasteiger partial charge in [-0.1, -0.05) is 0 Å². The standard InChI is InChI=1S/C16H23N5O/c1-3-21-9-8-17-15(21)14(13-5-10-22-11-6-13)20-16-18-7-4-12(2)19-16/h4,7-9,13-14H,3,5-6,10-11H2,1-2H3,(H,18,19,20)/t14-/m0/s1. The van der Waals surface area contributed by atoms with Crippen molar-refractivity contribution in [3.05, 3.63) is 36.2 Å². The molecule has 1 saturated heterocycles. The third-order valence-corrected chi connectivity index (χ3v) is 4.18. The third-order valence-electron chi connectivity index (χ3n) is 4.18. The van der Waals surface area contributed by atoms with Crippen LogP contribution in [0, 0.1) is 12.8 Å². The van der Waals surface area contributed by atoms with Gasteiger partial charge in [0.05, 0.1) is 6.04 Å². The van der Waals surface area contributed by atoms with Crippen molar-refractivity contribution in [2.24, 2.45) is 5.92 Å².